The third-order valence-electron chi connectivity index (χ3n) is 2.98. The lowest BCUT2D eigenvalue weighted by atomic mass is 10.2. The molecule has 1 N–H and O–H groups in total. The highest BCUT2D eigenvalue weighted by atomic mass is 19.1. The highest BCUT2D eigenvalue weighted by Crippen LogP contribution is 2.20. The van der Waals surface area contributed by atoms with Crippen molar-refractivity contribution in [2.45, 2.75) is 6.54 Å². The van der Waals surface area contributed by atoms with E-state index in [0.717, 1.165) is 4.57 Å². The first kappa shape index (κ1) is 14.9. The second-order valence-corrected chi connectivity index (χ2v) is 4.51. The van der Waals surface area contributed by atoms with E-state index in [0.29, 0.717) is 12.1 Å². The number of nitrogens with one attached hydrogen (secondary N) is 1. The van der Waals surface area contributed by atoms with Gasteiger partial charge in [-0.15, -0.1) is 0 Å². The number of anilines is 1. The molecule has 1 aromatic heterocycles. The third-order valence-corrected chi connectivity index (χ3v) is 2.98. The first-order valence-corrected chi connectivity index (χ1v) is 5.95. The maximum Gasteiger partial charge on any atom is 0.330 e. The van der Waals surface area contributed by atoms with E-state index in [1.54, 1.807) is 0 Å². The van der Waals surface area contributed by atoms with Crippen LogP contribution in [0.3, 0.4) is 0 Å². The zero-order chi connectivity index (χ0) is 15.7. The Morgan fingerprint density at radius 3 is 2.24 bits per heavy atom. The Balaban J connectivity index is 2.34. The van der Waals surface area contributed by atoms with Crippen molar-refractivity contribution < 1.29 is 13.2 Å². The molecular formula is C13H12F3N3O2. The van der Waals surface area contributed by atoms with Crippen LogP contribution in [0, 0.1) is 17.5 Å². The average Bonchev–Trinajstić information content (AvgIpc) is 2.40. The number of rotatable bonds is 3. The molecule has 0 fully saturated rings. The van der Waals surface area contributed by atoms with E-state index in [2.05, 4.69) is 5.32 Å². The minimum atomic E-state index is -1.10. The highest BCUT2D eigenvalue weighted by molar-refractivity contribution is 5.46. The molecule has 0 atom stereocenters. The first-order chi connectivity index (χ1) is 9.81. The third kappa shape index (κ3) is 2.83. The summed E-state index contributed by atoms with van der Waals surface area (Å²) in [4.78, 5) is 23.4. The van der Waals surface area contributed by atoms with Crippen LogP contribution < -0.4 is 16.6 Å². The van der Waals surface area contributed by atoms with Crippen LogP contribution >= 0.6 is 0 Å². The summed E-state index contributed by atoms with van der Waals surface area (Å²) < 4.78 is 41.8. The van der Waals surface area contributed by atoms with Gasteiger partial charge in [0, 0.05) is 39.0 Å². The van der Waals surface area contributed by atoms with Gasteiger partial charge in [-0.05, 0) is 0 Å². The fraction of sp³-hybridized carbons (Fsp3) is 0.231. The molecule has 5 nitrogen and oxygen atoms in total. The van der Waals surface area contributed by atoms with Gasteiger partial charge in [-0.1, -0.05) is 0 Å². The van der Waals surface area contributed by atoms with Crippen molar-refractivity contribution in [1.29, 1.82) is 0 Å². The number of benzene rings is 1. The van der Waals surface area contributed by atoms with Crippen molar-refractivity contribution in [2.75, 3.05) is 5.32 Å². The van der Waals surface area contributed by atoms with E-state index in [4.69, 9.17) is 0 Å². The molecule has 0 bridgehead atoms. The number of aromatic nitrogens is 2. The molecule has 0 aliphatic carbocycles. The molecule has 0 spiro atoms. The predicted octanol–water partition coefficient (Wildman–Crippen LogP) is 1.11. The zero-order valence-corrected chi connectivity index (χ0v) is 11.3. The summed E-state index contributed by atoms with van der Waals surface area (Å²) in [5, 5.41) is 2.39. The van der Waals surface area contributed by atoms with Gasteiger partial charge < -0.3 is 9.88 Å². The van der Waals surface area contributed by atoms with Crippen LogP contribution in [0.1, 0.15) is 5.56 Å². The fourth-order valence-corrected chi connectivity index (χ4v) is 1.90. The summed E-state index contributed by atoms with van der Waals surface area (Å²) in [6, 6.07) is 1.06. The van der Waals surface area contributed by atoms with Gasteiger partial charge in [-0.3, -0.25) is 9.36 Å². The lowest BCUT2D eigenvalue weighted by Crippen LogP contribution is -2.38. The Bertz CT molecular complexity index is 788. The predicted molar refractivity (Wildman–Crippen MR) is 70.6 cm³/mol. The topological polar surface area (TPSA) is 56.0 Å². The van der Waals surface area contributed by atoms with E-state index in [-0.39, 0.29) is 12.1 Å². The van der Waals surface area contributed by atoms with Crippen molar-refractivity contribution in [3.63, 3.8) is 0 Å². The number of hydrogen-bond donors (Lipinski definition) is 1. The van der Waals surface area contributed by atoms with Crippen LogP contribution in [0.25, 0.3) is 0 Å². The van der Waals surface area contributed by atoms with E-state index >= 15 is 0 Å². The molecule has 2 aromatic rings. The SMILES string of the molecule is Cn1cc(CNc2c(F)cc(F)cc2F)c(=O)n(C)c1=O. The van der Waals surface area contributed by atoms with Gasteiger partial charge in [0.05, 0.1) is 5.56 Å². The van der Waals surface area contributed by atoms with Crippen molar-refractivity contribution in [1.82, 2.24) is 9.13 Å². The van der Waals surface area contributed by atoms with Crippen molar-refractivity contribution in [2.24, 2.45) is 14.1 Å². The molecule has 1 heterocycles. The van der Waals surface area contributed by atoms with Crippen LogP contribution in [0.4, 0.5) is 18.9 Å². The van der Waals surface area contributed by atoms with Crippen LogP contribution in [0.15, 0.2) is 27.9 Å². The Labute approximate surface area is 117 Å². The maximum atomic E-state index is 13.5. The van der Waals surface area contributed by atoms with Gasteiger partial charge in [0.2, 0.25) is 0 Å². The van der Waals surface area contributed by atoms with Crippen molar-refractivity contribution in [3.8, 4) is 0 Å². The van der Waals surface area contributed by atoms with Crippen LogP contribution in [0.2, 0.25) is 0 Å². The van der Waals surface area contributed by atoms with Crippen molar-refractivity contribution >= 4 is 5.69 Å². The molecule has 0 amide bonds. The summed E-state index contributed by atoms with van der Waals surface area (Å²) in [6.07, 6.45) is 1.27. The molecule has 8 heteroatoms. The molecule has 0 saturated carbocycles. The normalized spacial score (nSPS) is 10.7. The quantitative estimate of drug-likeness (QED) is 0.924. The number of hydrogen-bond acceptors (Lipinski definition) is 3. The molecule has 0 radical (unpaired) electrons. The largest absolute Gasteiger partial charge is 0.376 e. The number of nitrogens with zero attached hydrogens (tertiary/aromatic N) is 2. The monoisotopic (exact) mass is 299 g/mol. The minimum Gasteiger partial charge on any atom is -0.376 e. The van der Waals surface area contributed by atoms with E-state index in [1.807, 2.05) is 0 Å². The molecular weight excluding hydrogens is 287 g/mol. The standard InChI is InChI=1S/C13H12F3N3O2/c1-18-6-7(12(20)19(2)13(18)21)5-17-11-9(15)3-8(14)4-10(11)16/h3-4,6,17H,5H2,1-2H3. The lowest BCUT2D eigenvalue weighted by Gasteiger charge is -2.10. The maximum absolute atomic E-state index is 13.5. The number of halogens is 3. The second kappa shape index (κ2) is 5.47. The van der Waals surface area contributed by atoms with E-state index in [9.17, 15) is 22.8 Å². The van der Waals surface area contributed by atoms with Crippen LogP contribution in [0.5, 0.6) is 0 Å². The van der Waals surface area contributed by atoms with Gasteiger partial charge in [-0.25, -0.2) is 18.0 Å². The zero-order valence-electron chi connectivity index (χ0n) is 11.3. The Morgan fingerprint density at radius 1 is 1.10 bits per heavy atom. The van der Waals surface area contributed by atoms with Crippen LogP contribution in [-0.2, 0) is 20.6 Å². The average molecular weight is 299 g/mol. The van der Waals surface area contributed by atoms with Gasteiger partial charge >= 0.3 is 5.69 Å². The van der Waals surface area contributed by atoms with Gasteiger partial charge in [0.1, 0.15) is 11.5 Å². The van der Waals surface area contributed by atoms with Crippen molar-refractivity contribution in [3.05, 3.63) is 62.2 Å². The van der Waals surface area contributed by atoms with Gasteiger partial charge in [0.25, 0.3) is 5.56 Å². The fourth-order valence-electron chi connectivity index (χ4n) is 1.90. The second-order valence-electron chi connectivity index (χ2n) is 4.51. The molecule has 0 saturated heterocycles. The Kier molecular flexibility index (Phi) is 3.88. The Hall–Kier alpha value is -2.51. The van der Waals surface area contributed by atoms with Crippen LogP contribution in [-0.4, -0.2) is 9.13 Å². The van der Waals surface area contributed by atoms with E-state index < -0.39 is 34.4 Å². The molecule has 2 rings (SSSR count). The molecule has 0 aliphatic rings. The first-order valence-electron chi connectivity index (χ1n) is 5.95. The molecule has 21 heavy (non-hydrogen) atoms. The molecule has 0 aliphatic heterocycles. The minimum absolute atomic E-state index is 0.141. The summed E-state index contributed by atoms with van der Waals surface area (Å²) in [5.74, 6) is -3.24. The highest BCUT2D eigenvalue weighted by Gasteiger charge is 2.13. The smallest absolute Gasteiger partial charge is 0.330 e. The molecule has 1 aromatic carbocycles. The summed E-state index contributed by atoms with van der Waals surface area (Å²) in [6.45, 7) is -0.208. The van der Waals surface area contributed by atoms with Gasteiger partial charge in [0.15, 0.2) is 11.6 Å². The summed E-state index contributed by atoms with van der Waals surface area (Å²) >= 11 is 0. The van der Waals surface area contributed by atoms with E-state index in [1.165, 1.54) is 24.9 Å². The molecule has 112 valence electrons. The number of aryl methyl sites for hydroxylation is 1. The summed E-state index contributed by atoms with van der Waals surface area (Å²) in [5.41, 5.74) is -1.48. The summed E-state index contributed by atoms with van der Waals surface area (Å²) in [7, 11) is 2.75. The lowest BCUT2D eigenvalue weighted by molar-refractivity contribution is 0.547. The Morgan fingerprint density at radius 2 is 1.67 bits per heavy atom. The van der Waals surface area contributed by atoms with Gasteiger partial charge in [-0.2, -0.15) is 0 Å². The molecule has 0 unspecified atom stereocenters.